The highest BCUT2D eigenvalue weighted by Gasteiger charge is 2.06. The number of hydrogen-bond donors (Lipinski definition) is 0. The maximum absolute atomic E-state index is 4.37. The van der Waals surface area contributed by atoms with E-state index in [-0.39, 0.29) is 0 Å². The van der Waals surface area contributed by atoms with Gasteiger partial charge in [-0.3, -0.25) is 4.68 Å². The van der Waals surface area contributed by atoms with Crippen molar-refractivity contribution in [3.8, 4) is 0 Å². The fourth-order valence-electron chi connectivity index (χ4n) is 1.17. The highest BCUT2D eigenvalue weighted by molar-refractivity contribution is 7.98. The van der Waals surface area contributed by atoms with Crippen LogP contribution in [-0.4, -0.2) is 26.0 Å². The van der Waals surface area contributed by atoms with Crippen LogP contribution in [0.25, 0.3) is 11.0 Å². The van der Waals surface area contributed by atoms with Gasteiger partial charge in [-0.15, -0.1) is 11.8 Å². The Hall–Kier alpha value is -1.10. The number of aromatic nitrogens is 4. The lowest BCUT2D eigenvalue weighted by molar-refractivity contribution is 0.666. The van der Waals surface area contributed by atoms with Crippen molar-refractivity contribution in [3.63, 3.8) is 0 Å². The predicted molar refractivity (Wildman–Crippen MR) is 52.8 cm³/mol. The summed E-state index contributed by atoms with van der Waals surface area (Å²) in [6.45, 7) is 2.92. The maximum Gasteiger partial charge on any atom is 0.143 e. The Labute approximate surface area is 80.4 Å². The molecule has 0 aliphatic carbocycles. The second kappa shape index (κ2) is 3.33. The molecule has 0 bridgehead atoms. The predicted octanol–water partition coefficient (Wildman–Crippen LogP) is 1.57. The molecule has 0 radical (unpaired) electrons. The zero-order valence-corrected chi connectivity index (χ0v) is 8.38. The van der Waals surface area contributed by atoms with Crippen LogP contribution in [0, 0.1) is 0 Å². The first kappa shape index (κ1) is 8.50. The average molecular weight is 194 g/mol. The van der Waals surface area contributed by atoms with Crippen molar-refractivity contribution in [1.29, 1.82) is 0 Å². The molecule has 68 valence electrons. The summed E-state index contributed by atoms with van der Waals surface area (Å²) in [4.78, 5) is 8.30. The Morgan fingerprint density at radius 1 is 1.46 bits per heavy atom. The summed E-state index contributed by atoms with van der Waals surface area (Å²) in [7, 11) is 0. The molecule has 0 amide bonds. The van der Waals surface area contributed by atoms with Gasteiger partial charge in [0, 0.05) is 6.54 Å². The van der Waals surface area contributed by atoms with Crippen molar-refractivity contribution < 1.29 is 0 Å². The molecule has 0 N–H and O–H groups in total. The summed E-state index contributed by atoms with van der Waals surface area (Å²) in [5.74, 6) is 0. The molecule has 2 aromatic rings. The summed E-state index contributed by atoms with van der Waals surface area (Å²) in [5.41, 5.74) is 1.82. The average Bonchev–Trinajstić information content (AvgIpc) is 2.59. The third kappa shape index (κ3) is 1.39. The van der Waals surface area contributed by atoms with E-state index in [2.05, 4.69) is 22.0 Å². The molecule has 13 heavy (non-hydrogen) atoms. The van der Waals surface area contributed by atoms with Gasteiger partial charge in [-0.2, -0.15) is 5.10 Å². The summed E-state index contributed by atoms with van der Waals surface area (Å²) in [5, 5.41) is 5.31. The lowest BCUT2D eigenvalue weighted by Crippen LogP contribution is -1.92. The van der Waals surface area contributed by atoms with E-state index in [1.807, 2.05) is 17.1 Å². The summed E-state index contributed by atoms with van der Waals surface area (Å²) in [6.07, 6.45) is 5.51. The summed E-state index contributed by atoms with van der Waals surface area (Å²) in [6, 6.07) is 0. The largest absolute Gasteiger partial charge is 0.270 e. The Balaban J connectivity index is 2.67. The topological polar surface area (TPSA) is 43.6 Å². The van der Waals surface area contributed by atoms with E-state index >= 15 is 0 Å². The first-order chi connectivity index (χ1) is 6.35. The lowest BCUT2D eigenvalue weighted by atomic mass is 10.5. The smallest absolute Gasteiger partial charge is 0.143 e. The van der Waals surface area contributed by atoms with E-state index in [0.717, 1.165) is 22.6 Å². The van der Waals surface area contributed by atoms with Crippen molar-refractivity contribution in [2.45, 2.75) is 18.5 Å². The second-order valence-corrected chi connectivity index (χ2v) is 3.40. The molecule has 0 fully saturated rings. The minimum Gasteiger partial charge on any atom is -0.270 e. The first-order valence-corrected chi connectivity index (χ1v) is 5.29. The van der Waals surface area contributed by atoms with Crippen LogP contribution >= 0.6 is 11.8 Å². The Morgan fingerprint density at radius 3 is 3.00 bits per heavy atom. The quantitative estimate of drug-likeness (QED) is 0.537. The van der Waals surface area contributed by atoms with Gasteiger partial charge in [-0.05, 0) is 13.2 Å². The first-order valence-electron chi connectivity index (χ1n) is 4.07. The number of rotatable bonds is 2. The highest BCUT2D eigenvalue weighted by atomic mass is 32.2. The molecular weight excluding hydrogens is 184 g/mol. The molecule has 0 spiro atoms. The van der Waals surface area contributed by atoms with Crippen molar-refractivity contribution in [2.24, 2.45) is 0 Å². The fourth-order valence-corrected chi connectivity index (χ4v) is 1.66. The molecule has 5 heteroatoms. The second-order valence-electron chi connectivity index (χ2n) is 2.60. The molecule has 0 saturated heterocycles. The zero-order valence-electron chi connectivity index (χ0n) is 7.56. The fraction of sp³-hybridized carbons (Fsp3) is 0.375. The van der Waals surface area contributed by atoms with Gasteiger partial charge in [0.1, 0.15) is 22.4 Å². The lowest BCUT2D eigenvalue weighted by Gasteiger charge is -1.93. The molecule has 0 unspecified atom stereocenters. The van der Waals surface area contributed by atoms with Gasteiger partial charge < -0.3 is 0 Å². The third-order valence-corrected chi connectivity index (χ3v) is 2.52. The normalized spacial score (nSPS) is 10.9. The van der Waals surface area contributed by atoms with Crippen molar-refractivity contribution >= 4 is 22.8 Å². The third-order valence-electron chi connectivity index (χ3n) is 1.83. The van der Waals surface area contributed by atoms with E-state index in [4.69, 9.17) is 0 Å². The maximum atomic E-state index is 4.37. The van der Waals surface area contributed by atoms with E-state index in [1.165, 1.54) is 0 Å². The van der Waals surface area contributed by atoms with Gasteiger partial charge in [0.2, 0.25) is 0 Å². The van der Waals surface area contributed by atoms with E-state index in [1.54, 1.807) is 18.1 Å². The van der Waals surface area contributed by atoms with Gasteiger partial charge in [-0.1, -0.05) is 0 Å². The summed E-state index contributed by atoms with van der Waals surface area (Å²) < 4.78 is 1.87. The molecule has 2 rings (SSSR count). The minimum absolute atomic E-state index is 0.865. The van der Waals surface area contributed by atoms with E-state index < -0.39 is 0 Å². The number of hydrogen-bond acceptors (Lipinski definition) is 4. The van der Waals surface area contributed by atoms with E-state index in [9.17, 15) is 0 Å². The summed E-state index contributed by atoms with van der Waals surface area (Å²) >= 11 is 1.60. The number of nitrogens with zero attached hydrogens (tertiary/aromatic N) is 4. The van der Waals surface area contributed by atoms with E-state index in [0.29, 0.717) is 0 Å². The molecular formula is C8H10N4S. The highest BCUT2D eigenvalue weighted by Crippen LogP contribution is 2.20. The van der Waals surface area contributed by atoms with Crippen LogP contribution in [0.5, 0.6) is 0 Å². The number of fused-ring (bicyclic) bond motifs is 1. The van der Waals surface area contributed by atoms with Crippen LogP contribution in [-0.2, 0) is 6.54 Å². The Morgan fingerprint density at radius 2 is 2.31 bits per heavy atom. The minimum atomic E-state index is 0.865. The van der Waals surface area contributed by atoms with Crippen molar-refractivity contribution in [2.75, 3.05) is 6.26 Å². The van der Waals surface area contributed by atoms with Crippen LogP contribution < -0.4 is 0 Å². The van der Waals surface area contributed by atoms with Gasteiger partial charge >= 0.3 is 0 Å². The van der Waals surface area contributed by atoms with Crippen LogP contribution in [0.15, 0.2) is 17.6 Å². The SMILES string of the molecule is CCn1cc2ncnc(SC)c2n1. The molecule has 0 aliphatic heterocycles. The monoisotopic (exact) mass is 194 g/mol. The molecule has 2 heterocycles. The van der Waals surface area contributed by atoms with Gasteiger partial charge in [0.15, 0.2) is 0 Å². The van der Waals surface area contributed by atoms with Crippen molar-refractivity contribution in [3.05, 3.63) is 12.5 Å². The van der Waals surface area contributed by atoms with Crippen LogP contribution in [0.4, 0.5) is 0 Å². The number of thioether (sulfide) groups is 1. The van der Waals surface area contributed by atoms with Crippen molar-refractivity contribution in [1.82, 2.24) is 19.7 Å². The molecule has 2 aromatic heterocycles. The van der Waals surface area contributed by atoms with Crippen LogP contribution in [0.1, 0.15) is 6.92 Å². The molecule has 0 aromatic carbocycles. The van der Waals surface area contributed by atoms with Crippen LogP contribution in [0.2, 0.25) is 0 Å². The Kier molecular flexibility index (Phi) is 2.18. The van der Waals surface area contributed by atoms with Gasteiger partial charge in [-0.25, -0.2) is 9.97 Å². The zero-order chi connectivity index (χ0) is 9.26. The number of aryl methyl sites for hydroxylation is 1. The molecule has 0 atom stereocenters. The van der Waals surface area contributed by atoms with Crippen LogP contribution in [0.3, 0.4) is 0 Å². The molecule has 4 nitrogen and oxygen atoms in total. The van der Waals surface area contributed by atoms with Gasteiger partial charge in [0.05, 0.1) is 6.20 Å². The van der Waals surface area contributed by atoms with Gasteiger partial charge in [0.25, 0.3) is 0 Å². The Bertz CT molecular complexity index is 423. The standard InChI is InChI=1S/C8H10N4S/c1-3-12-4-6-7(11-12)8(13-2)10-5-9-6/h4-5H,3H2,1-2H3. The molecule has 0 aliphatic rings. The molecule has 0 saturated carbocycles.